The number of allylic oxidation sites excluding steroid dienone is 4. The zero-order chi connectivity index (χ0) is 10.1. The van der Waals surface area contributed by atoms with Crippen LogP contribution in [-0.4, -0.2) is 17.3 Å². The fraction of sp³-hybridized carbons (Fsp3) is 0.111. The second kappa shape index (κ2) is 6.84. The molecular weight excluding hydrogens is 168 g/mol. The van der Waals surface area contributed by atoms with Crippen molar-refractivity contribution < 1.29 is 10.0 Å². The summed E-state index contributed by atoms with van der Waals surface area (Å²) < 4.78 is 0. The van der Waals surface area contributed by atoms with Crippen molar-refractivity contribution in [1.82, 2.24) is 5.32 Å². The Labute approximate surface area is 76.9 Å². The first-order valence-electron chi connectivity index (χ1n) is 3.68. The maximum Gasteiger partial charge on any atom is 0.270 e. The number of carbonyl (C=O) groups is 1. The van der Waals surface area contributed by atoms with E-state index in [1.54, 1.807) is 12.2 Å². The predicted molar refractivity (Wildman–Crippen MR) is 51.5 cm³/mol. The first-order chi connectivity index (χ1) is 6.24. The van der Waals surface area contributed by atoms with Gasteiger partial charge in [-0.05, 0) is 19.1 Å². The molecule has 0 saturated heterocycles. The van der Waals surface area contributed by atoms with Gasteiger partial charge in [-0.3, -0.25) is 4.79 Å². The lowest BCUT2D eigenvalue weighted by Crippen LogP contribution is -2.22. The van der Waals surface area contributed by atoms with E-state index in [2.05, 4.69) is 17.1 Å². The van der Waals surface area contributed by atoms with Gasteiger partial charge in [0.05, 0.1) is 0 Å². The van der Waals surface area contributed by atoms with Crippen LogP contribution in [0.25, 0.3) is 0 Å². The summed E-state index contributed by atoms with van der Waals surface area (Å²) in [5.74, 6) is -0.502. The van der Waals surface area contributed by atoms with E-state index in [0.29, 0.717) is 5.70 Å². The highest BCUT2D eigenvalue weighted by atomic mass is 16.4. The molecule has 0 aromatic heterocycles. The van der Waals surface area contributed by atoms with Crippen molar-refractivity contribution in [2.45, 2.75) is 6.92 Å². The van der Waals surface area contributed by atoms with Crippen molar-refractivity contribution in [2.75, 3.05) is 0 Å². The van der Waals surface area contributed by atoms with E-state index in [-0.39, 0.29) is 0 Å². The molecule has 0 aliphatic carbocycles. The van der Waals surface area contributed by atoms with Gasteiger partial charge in [-0.25, -0.2) is 0 Å². The molecule has 2 N–H and O–H groups in total. The van der Waals surface area contributed by atoms with Crippen molar-refractivity contribution in [2.24, 2.45) is 5.16 Å². The molecule has 0 bridgehead atoms. The number of carbonyl (C=O) groups excluding carboxylic acids is 1. The minimum absolute atomic E-state index is 0.502. The predicted octanol–water partition coefficient (Wildman–Crippen LogP) is 1.21. The Morgan fingerprint density at radius 3 is 2.77 bits per heavy atom. The lowest BCUT2D eigenvalue weighted by molar-refractivity contribution is -0.113. The molecule has 13 heavy (non-hydrogen) atoms. The monoisotopic (exact) mass is 180 g/mol. The lowest BCUT2D eigenvalue weighted by Gasteiger charge is -1.99. The van der Waals surface area contributed by atoms with E-state index in [0.717, 1.165) is 6.21 Å². The highest BCUT2D eigenvalue weighted by molar-refractivity contribution is 6.26. The standard InChI is InChI=1S/C9H12N2O2/c1-3-5-6-8(4-2)11-9(12)7-10-13/h3-7,13H,2H2,1H3,(H,11,12)/b5-3-,8-6+,10-7+. The van der Waals surface area contributed by atoms with E-state index in [1.165, 1.54) is 6.08 Å². The van der Waals surface area contributed by atoms with E-state index in [1.807, 2.05) is 13.0 Å². The SMILES string of the molecule is C=C/C(=C\C=C/C)NC(=O)/C=N/O. The van der Waals surface area contributed by atoms with E-state index in [9.17, 15) is 4.79 Å². The summed E-state index contributed by atoms with van der Waals surface area (Å²) in [7, 11) is 0. The van der Waals surface area contributed by atoms with Gasteiger partial charge in [-0.1, -0.05) is 23.9 Å². The Kier molecular flexibility index (Phi) is 5.88. The van der Waals surface area contributed by atoms with Crippen molar-refractivity contribution in [1.29, 1.82) is 0 Å². The minimum atomic E-state index is -0.502. The molecule has 0 aromatic rings. The summed E-state index contributed by atoms with van der Waals surface area (Å²) in [6.07, 6.45) is 7.51. The number of hydrogen-bond acceptors (Lipinski definition) is 3. The largest absolute Gasteiger partial charge is 0.411 e. The lowest BCUT2D eigenvalue weighted by atomic mass is 10.3. The average Bonchev–Trinajstić information content (AvgIpc) is 2.12. The molecule has 0 aliphatic heterocycles. The van der Waals surface area contributed by atoms with Gasteiger partial charge < -0.3 is 10.5 Å². The van der Waals surface area contributed by atoms with Crippen molar-refractivity contribution in [3.63, 3.8) is 0 Å². The summed E-state index contributed by atoms with van der Waals surface area (Å²) in [5, 5.41) is 13.1. The van der Waals surface area contributed by atoms with Crippen molar-refractivity contribution in [3.05, 3.63) is 36.6 Å². The smallest absolute Gasteiger partial charge is 0.270 e. The van der Waals surface area contributed by atoms with Crippen LogP contribution in [-0.2, 0) is 4.79 Å². The fourth-order valence-electron chi connectivity index (χ4n) is 0.588. The third-order valence-electron chi connectivity index (χ3n) is 1.13. The van der Waals surface area contributed by atoms with Gasteiger partial charge in [-0.2, -0.15) is 0 Å². The normalized spacial score (nSPS) is 12.2. The molecule has 0 radical (unpaired) electrons. The van der Waals surface area contributed by atoms with Gasteiger partial charge >= 0.3 is 0 Å². The van der Waals surface area contributed by atoms with Gasteiger partial charge in [0.1, 0.15) is 6.21 Å². The molecule has 0 fully saturated rings. The van der Waals surface area contributed by atoms with E-state index < -0.39 is 5.91 Å². The topological polar surface area (TPSA) is 61.7 Å². The van der Waals surface area contributed by atoms with Crippen LogP contribution in [0.4, 0.5) is 0 Å². The average molecular weight is 180 g/mol. The second-order valence-corrected chi connectivity index (χ2v) is 2.09. The molecular formula is C9H12N2O2. The van der Waals surface area contributed by atoms with Gasteiger partial charge in [0.2, 0.25) is 0 Å². The molecule has 1 amide bonds. The van der Waals surface area contributed by atoms with Crippen LogP contribution in [0.2, 0.25) is 0 Å². The zero-order valence-electron chi connectivity index (χ0n) is 7.40. The molecule has 70 valence electrons. The van der Waals surface area contributed by atoms with Crippen LogP contribution in [0, 0.1) is 0 Å². The van der Waals surface area contributed by atoms with Crippen LogP contribution in [0.15, 0.2) is 41.7 Å². The molecule has 4 heteroatoms. The first-order valence-corrected chi connectivity index (χ1v) is 3.68. The summed E-state index contributed by atoms with van der Waals surface area (Å²) in [5.41, 5.74) is 0.544. The second-order valence-electron chi connectivity index (χ2n) is 2.09. The highest BCUT2D eigenvalue weighted by Crippen LogP contribution is 1.90. The van der Waals surface area contributed by atoms with E-state index >= 15 is 0 Å². The number of hydrogen-bond donors (Lipinski definition) is 2. The fourth-order valence-corrected chi connectivity index (χ4v) is 0.588. The maximum absolute atomic E-state index is 10.8. The number of oxime groups is 1. The molecule has 0 unspecified atom stereocenters. The third kappa shape index (κ3) is 5.43. The molecule has 4 nitrogen and oxygen atoms in total. The van der Waals surface area contributed by atoms with Crippen LogP contribution in [0.1, 0.15) is 6.92 Å². The van der Waals surface area contributed by atoms with Crippen molar-refractivity contribution in [3.8, 4) is 0 Å². The molecule has 0 spiro atoms. The summed E-state index contributed by atoms with van der Waals surface area (Å²) >= 11 is 0. The molecule has 0 rings (SSSR count). The van der Waals surface area contributed by atoms with Crippen LogP contribution < -0.4 is 5.32 Å². The Balaban J connectivity index is 4.28. The molecule has 0 atom stereocenters. The minimum Gasteiger partial charge on any atom is -0.411 e. The van der Waals surface area contributed by atoms with Gasteiger partial charge in [0.15, 0.2) is 0 Å². The van der Waals surface area contributed by atoms with Gasteiger partial charge in [0.25, 0.3) is 5.91 Å². The maximum atomic E-state index is 10.8. The Morgan fingerprint density at radius 2 is 2.31 bits per heavy atom. The molecule has 0 aromatic carbocycles. The van der Waals surface area contributed by atoms with Gasteiger partial charge in [0, 0.05) is 5.70 Å². The Hall–Kier alpha value is -1.84. The van der Waals surface area contributed by atoms with Crippen molar-refractivity contribution >= 4 is 12.1 Å². The summed E-state index contributed by atoms with van der Waals surface area (Å²) in [6, 6.07) is 0. The number of rotatable bonds is 4. The highest BCUT2D eigenvalue weighted by Gasteiger charge is 1.96. The quantitative estimate of drug-likeness (QED) is 0.295. The number of nitrogens with one attached hydrogen (secondary N) is 1. The van der Waals surface area contributed by atoms with Crippen LogP contribution >= 0.6 is 0 Å². The number of nitrogens with zero attached hydrogens (tertiary/aromatic N) is 1. The van der Waals surface area contributed by atoms with Crippen LogP contribution in [0.5, 0.6) is 0 Å². The molecule has 0 aliphatic rings. The summed E-state index contributed by atoms with van der Waals surface area (Å²) in [6.45, 7) is 5.36. The Morgan fingerprint density at radius 1 is 1.62 bits per heavy atom. The first kappa shape index (κ1) is 11.2. The Bertz CT molecular complexity index is 265. The third-order valence-corrected chi connectivity index (χ3v) is 1.13. The summed E-state index contributed by atoms with van der Waals surface area (Å²) in [4.78, 5) is 10.8. The van der Waals surface area contributed by atoms with Gasteiger partial charge in [-0.15, -0.1) is 0 Å². The molecule has 0 saturated carbocycles. The van der Waals surface area contributed by atoms with E-state index in [4.69, 9.17) is 5.21 Å². The van der Waals surface area contributed by atoms with Crippen LogP contribution in [0.3, 0.4) is 0 Å². The molecule has 0 heterocycles. The zero-order valence-corrected chi connectivity index (χ0v) is 7.40. The number of amides is 1.